The lowest BCUT2D eigenvalue weighted by molar-refractivity contribution is 0.405. The standard InChI is InChI=1S/2C15H24.C14H23N.2C13H22S.2C12H21NS/c2*1-14(2,3)11-12-8-7-9-13(10-12)15(4,5)6;1-13(2,3)10-12-9-11(7-8-15-12)14(4,5)6;1-12(2,3)8-11-7-10(9-14-11)13(4,5)6;1-12(2,3)9-10-7-8-11(14-10)13(4,5)6;1-11(2,3)7-10-13-9(8-14-10)12(4,5)6;1-11(2,3)7-10-13-8-9(14-10)12(4,5)6/h2*7-10H,11H2,1-6H3;7-9H,10H2,1-6H3;7,9H,8H2,1-6H3;7-8H,9H2,1-6H3;2*8H,7H2,1-6H3. The SMILES string of the molecule is CC(C)(C)Cc1cc(C(C)(C)C)ccn1.CC(C)(C)Cc1cc(C(C)(C)C)cs1.CC(C)(C)Cc1ccc(C(C)(C)C)s1.CC(C)(C)Cc1cccc(C(C)(C)C)c1.CC(C)(C)Cc1cccc(C(C)(C)C)c1.CC(C)(C)Cc1nc(C(C)(C)C)cs1.CC(C)(C)Cc1ncc(C(C)(C)C)s1. The number of hydrogen-bond donors (Lipinski definition) is 0. The maximum atomic E-state index is 4.69. The van der Waals surface area contributed by atoms with Gasteiger partial charge in [0.1, 0.15) is 0 Å². The van der Waals surface area contributed by atoms with Crippen molar-refractivity contribution in [3.05, 3.63) is 176 Å². The smallest absolute Gasteiger partial charge is 0.0933 e. The molecule has 101 heavy (non-hydrogen) atoms. The third kappa shape index (κ3) is 44.1. The third-order valence-corrected chi connectivity index (χ3v) is 20.5. The molecule has 0 fully saturated rings. The van der Waals surface area contributed by atoms with Gasteiger partial charge in [-0.25, -0.2) is 9.97 Å². The summed E-state index contributed by atoms with van der Waals surface area (Å²) in [6.07, 6.45) is 11.8. The van der Waals surface area contributed by atoms with E-state index < -0.39 is 0 Å². The van der Waals surface area contributed by atoms with Gasteiger partial charge in [0, 0.05) is 61.2 Å². The highest BCUT2D eigenvalue weighted by Gasteiger charge is 2.25. The van der Waals surface area contributed by atoms with Crippen molar-refractivity contribution in [1.82, 2.24) is 15.0 Å². The van der Waals surface area contributed by atoms with Gasteiger partial charge in [-0.05, 0) is 172 Å². The van der Waals surface area contributed by atoms with E-state index in [1.54, 1.807) is 11.3 Å². The highest BCUT2D eigenvalue weighted by molar-refractivity contribution is 7.12. The lowest BCUT2D eigenvalue weighted by Gasteiger charge is -2.22. The van der Waals surface area contributed by atoms with Crippen LogP contribution in [0.5, 0.6) is 0 Å². The van der Waals surface area contributed by atoms with Crippen molar-refractivity contribution in [2.45, 2.75) is 374 Å². The zero-order valence-electron chi connectivity index (χ0n) is 73.7. The quantitative estimate of drug-likeness (QED) is 0.160. The van der Waals surface area contributed by atoms with Crippen LogP contribution >= 0.6 is 45.3 Å². The van der Waals surface area contributed by atoms with Crippen molar-refractivity contribution in [2.24, 2.45) is 37.9 Å². The predicted molar refractivity (Wildman–Crippen MR) is 463 cm³/mol. The molecule has 2 aromatic carbocycles. The molecule has 0 aliphatic carbocycles. The second-order valence-corrected chi connectivity index (χ2v) is 48.9. The van der Waals surface area contributed by atoms with Crippen molar-refractivity contribution in [3.63, 3.8) is 0 Å². The minimum Gasteiger partial charge on any atom is -0.261 e. The van der Waals surface area contributed by atoms with Gasteiger partial charge in [-0.2, -0.15) is 0 Å². The van der Waals surface area contributed by atoms with Gasteiger partial charge in [0.2, 0.25) is 0 Å². The van der Waals surface area contributed by atoms with Crippen LogP contribution in [0.1, 0.15) is 365 Å². The molecule has 5 heterocycles. The Morgan fingerprint density at radius 3 is 1.00 bits per heavy atom. The van der Waals surface area contributed by atoms with E-state index in [-0.39, 0.29) is 27.1 Å². The second kappa shape index (κ2) is 37.2. The largest absolute Gasteiger partial charge is 0.261 e. The Morgan fingerprint density at radius 2 is 0.663 bits per heavy atom. The summed E-state index contributed by atoms with van der Waals surface area (Å²) in [7, 11) is 0. The summed E-state index contributed by atoms with van der Waals surface area (Å²) < 4.78 is 0. The van der Waals surface area contributed by atoms with E-state index in [1.165, 1.54) is 87.1 Å². The van der Waals surface area contributed by atoms with Crippen LogP contribution in [-0.4, -0.2) is 15.0 Å². The summed E-state index contributed by atoms with van der Waals surface area (Å²) in [6, 6.07) is 29.3. The van der Waals surface area contributed by atoms with Crippen LogP contribution in [0.25, 0.3) is 0 Å². The number of rotatable bonds is 7. The molecule has 7 heteroatoms. The third-order valence-electron chi connectivity index (χ3n) is 15.8. The normalized spacial score (nSPS) is 13.1. The number of pyridine rings is 1. The number of hydrogen-bond acceptors (Lipinski definition) is 7. The summed E-state index contributed by atoms with van der Waals surface area (Å²) in [6.45, 7) is 95.1. The molecule has 7 rings (SSSR count). The number of benzene rings is 2. The Morgan fingerprint density at radius 1 is 0.277 bits per heavy atom. The van der Waals surface area contributed by atoms with Crippen molar-refractivity contribution >= 4 is 45.3 Å². The Bertz CT molecular complexity index is 3040. The van der Waals surface area contributed by atoms with E-state index in [2.05, 4.69) is 395 Å². The molecule has 0 aliphatic heterocycles. The molecule has 0 aliphatic rings. The highest BCUT2D eigenvalue weighted by atomic mass is 32.1. The first-order chi connectivity index (χ1) is 44.8. The zero-order valence-corrected chi connectivity index (χ0v) is 77.0. The van der Waals surface area contributed by atoms with Crippen molar-refractivity contribution < 1.29 is 0 Å². The van der Waals surface area contributed by atoms with Gasteiger partial charge in [0.05, 0.1) is 15.7 Å². The molecule has 0 atom stereocenters. The summed E-state index contributed by atoms with van der Waals surface area (Å²) in [5, 5.41) is 7.03. The molecule has 0 bridgehead atoms. The van der Waals surface area contributed by atoms with Crippen LogP contribution in [0.4, 0.5) is 0 Å². The van der Waals surface area contributed by atoms with Crippen LogP contribution in [0.15, 0.2) is 102 Å². The predicted octanol–water partition coefficient (Wildman–Crippen LogP) is 30.4. The van der Waals surface area contributed by atoms with Crippen LogP contribution < -0.4 is 0 Å². The molecule has 5 aromatic heterocycles. The Hall–Kier alpha value is -3.75. The molecule has 0 radical (unpaired) electrons. The van der Waals surface area contributed by atoms with Crippen LogP contribution in [0, 0.1) is 37.9 Å². The van der Waals surface area contributed by atoms with Crippen LogP contribution in [0.3, 0.4) is 0 Å². The van der Waals surface area contributed by atoms with Crippen LogP contribution in [0.2, 0.25) is 0 Å². The molecule has 0 N–H and O–H groups in total. The number of aromatic nitrogens is 3. The molecule has 0 saturated heterocycles. The maximum Gasteiger partial charge on any atom is 0.0933 e. The lowest BCUT2D eigenvalue weighted by Crippen LogP contribution is -2.14. The average molecular weight is 1460 g/mol. The van der Waals surface area contributed by atoms with Gasteiger partial charge in [0.25, 0.3) is 0 Å². The second-order valence-electron chi connectivity index (χ2n) is 44.7. The molecule has 3 nitrogen and oxygen atoms in total. The molecular weight excluding hydrogens is 1300 g/mol. The molecule has 0 amide bonds. The van der Waals surface area contributed by atoms with Crippen molar-refractivity contribution in [1.29, 1.82) is 0 Å². The van der Waals surface area contributed by atoms with Gasteiger partial charge in [-0.3, -0.25) is 4.98 Å². The fourth-order valence-corrected chi connectivity index (χ4v) is 15.7. The van der Waals surface area contributed by atoms with Gasteiger partial charge >= 0.3 is 0 Å². The summed E-state index contributed by atoms with van der Waals surface area (Å²) in [5.41, 5.74) is 15.4. The molecule has 572 valence electrons. The van der Waals surface area contributed by atoms with Crippen molar-refractivity contribution in [3.8, 4) is 0 Å². The van der Waals surface area contributed by atoms with Gasteiger partial charge in [-0.1, -0.05) is 339 Å². The topological polar surface area (TPSA) is 38.7 Å². The van der Waals surface area contributed by atoms with Gasteiger partial charge < -0.3 is 0 Å². The van der Waals surface area contributed by atoms with E-state index in [9.17, 15) is 0 Å². The Kier molecular flexibility index (Phi) is 35.1. The molecule has 0 saturated carbocycles. The van der Waals surface area contributed by atoms with E-state index in [0.717, 1.165) is 32.1 Å². The van der Waals surface area contributed by atoms with E-state index in [4.69, 9.17) is 0 Å². The summed E-state index contributed by atoms with van der Waals surface area (Å²) in [4.78, 5) is 19.5. The van der Waals surface area contributed by atoms with Crippen LogP contribution in [-0.2, 0) is 82.9 Å². The average Bonchev–Trinajstić information content (AvgIpc) is 1.83. The maximum absolute atomic E-state index is 4.69. The molecule has 7 aromatic rings. The van der Waals surface area contributed by atoms with E-state index >= 15 is 0 Å². The highest BCUT2D eigenvalue weighted by Crippen LogP contribution is 2.36. The molecular formula is C94H157N3S4. The minimum atomic E-state index is 0.187. The van der Waals surface area contributed by atoms with Gasteiger partial charge in [-0.15, -0.1) is 45.3 Å². The first kappa shape index (κ1) is 95.3. The number of thiophene rings is 2. The fourth-order valence-electron chi connectivity index (χ4n) is 10.3. The monoisotopic (exact) mass is 1460 g/mol. The lowest BCUT2D eigenvalue weighted by atomic mass is 9.83. The summed E-state index contributed by atoms with van der Waals surface area (Å²) in [5.74, 6) is 0. The van der Waals surface area contributed by atoms with E-state index in [1.807, 2.05) is 46.4 Å². The number of nitrogens with zero attached hydrogens (tertiary/aromatic N) is 3. The zero-order chi connectivity index (χ0) is 79.0. The van der Waals surface area contributed by atoms with Gasteiger partial charge in [0.15, 0.2) is 0 Å². The van der Waals surface area contributed by atoms with Crippen molar-refractivity contribution in [2.75, 3.05) is 0 Å². The Labute approximate surface area is 643 Å². The first-order valence-corrected chi connectivity index (χ1v) is 41.4. The fraction of sp³-hybridized carbons (Fsp3) is 0.670. The first-order valence-electron chi connectivity index (χ1n) is 38.0. The minimum absolute atomic E-state index is 0.187. The molecule has 0 spiro atoms. The number of thiazole rings is 2. The van der Waals surface area contributed by atoms with E-state index in [0.29, 0.717) is 48.7 Å². The summed E-state index contributed by atoms with van der Waals surface area (Å²) >= 11 is 7.52. The Balaban J connectivity index is 0.000000589. The molecule has 0 unspecified atom stereocenters.